The Bertz CT molecular complexity index is 490. The largest absolute Gasteiger partial charge is 0.481 e. The van der Waals surface area contributed by atoms with E-state index in [0.29, 0.717) is 6.04 Å². The van der Waals surface area contributed by atoms with Crippen molar-refractivity contribution in [2.24, 2.45) is 0 Å². The molecule has 1 aliphatic rings. The van der Waals surface area contributed by atoms with Gasteiger partial charge < -0.3 is 10.1 Å². The number of ether oxygens (including phenoxy) is 1. The lowest BCUT2D eigenvalue weighted by atomic mass is 10.1. The number of nitrogens with one attached hydrogen (secondary N) is 1. The molecule has 1 aliphatic carbocycles. The van der Waals surface area contributed by atoms with Gasteiger partial charge in [0.2, 0.25) is 0 Å². The van der Waals surface area contributed by atoms with Gasteiger partial charge >= 0.3 is 0 Å². The molecule has 1 aromatic rings. The van der Waals surface area contributed by atoms with Crippen LogP contribution in [0.3, 0.4) is 0 Å². The van der Waals surface area contributed by atoms with E-state index >= 15 is 0 Å². The highest BCUT2D eigenvalue weighted by Gasteiger charge is 2.22. The Hall–Kier alpha value is -1.51. The summed E-state index contributed by atoms with van der Waals surface area (Å²) in [5.74, 6) is 0.812. The molecular formula is C17H25NO2. The molecule has 1 saturated carbocycles. The van der Waals surface area contributed by atoms with E-state index in [-0.39, 0.29) is 5.91 Å². The Morgan fingerprint density at radius 2 is 1.90 bits per heavy atom. The zero-order valence-electron chi connectivity index (χ0n) is 13.0. The summed E-state index contributed by atoms with van der Waals surface area (Å²) in [6.07, 6.45) is 4.19. The first-order valence-electron chi connectivity index (χ1n) is 7.52. The summed E-state index contributed by atoms with van der Waals surface area (Å²) in [7, 11) is 0. The van der Waals surface area contributed by atoms with Crippen molar-refractivity contribution in [2.45, 2.75) is 65.5 Å². The minimum atomic E-state index is -0.449. The van der Waals surface area contributed by atoms with Crippen molar-refractivity contribution >= 4 is 5.91 Å². The Labute approximate surface area is 121 Å². The molecule has 2 rings (SSSR count). The van der Waals surface area contributed by atoms with Crippen LogP contribution in [0.4, 0.5) is 0 Å². The first-order valence-corrected chi connectivity index (χ1v) is 7.52. The molecule has 0 aromatic heterocycles. The highest BCUT2D eigenvalue weighted by Crippen LogP contribution is 2.24. The van der Waals surface area contributed by atoms with Crippen LogP contribution < -0.4 is 10.1 Å². The maximum atomic E-state index is 12.1. The normalized spacial score (nSPS) is 17.0. The molecule has 1 amide bonds. The van der Waals surface area contributed by atoms with E-state index in [9.17, 15) is 4.79 Å². The van der Waals surface area contributed by atoms with Gasteiger partial charge in [-0.15, -0.1) is 0 Å². The predicted octanol–water partition coefficient (Wildman–Crippen LogP) is 3.44. The van der Waals surface area contributed by atoms with E-state index in [2.05, 4.69) is 18.3 Å². The average molecular weight is 275 g/mol. The molecular weight excluding hydrogens is 250 g/mol. The van der Waals surface area contributed by atoms with E-state index < -0.39 is 6.10 Å². The van der Waals surface area contributed by atoms with Gasteiger partial charge in [0.15, 0.2) is 6.10 Å². The molecule has 0 aliphatic heterocycles. The number of benzene rings is 1. The van der Waals surface area contributed by atoms with Crippen LogP contribution in [0.2, 0.25) is 0 Å². The Balaban J connectivity index is 1.99. The van der Waals surface area contributed by atoms with Crippen LogP contribution in [0.1, 0.15) is 49.3 Å². The second-order valence-electron chi connectivity index (χ2n) is 5.96. The zero-order valence-corrected chi connectivity index (χ0v) is 13.0. The first kappa shape index (κ1) is 14.9. The third-order valence-corrected chi connectivity index (χ3v) is 4.14. The lowest BCUT2D eigenvalue weighted by Crippen LogP contribution is -2.41. The monoisotopic (exact) mass is 275 g/mol. The molecule has 0 radical (unpaired) electrons. The topological polar surface area (TPSA) is 38.3 Å². The molecule has 0 spiro atoms. The van der Waals surface area contributed by atoms with Crippen molar-refractivity contribution in [2.75, 3.05) is 0 Å². The van der Waals surface area contributed by atoms with E-state index in [1.54, 1.807) is 0 Å². The summed E-state index contributed by atoms with van der Waals surface area (Å²) >= 11 is 0. The number of hydrogen-bond acceptors (Lipinski definition) is 2. The highest BCUT2D eigenvalue weighted by molar-refractivity contribution is 5.81. The van der Waals surface area contributed by atoms with Crippen LogP contribution in [0.25, 0.3) is 0 Å². The van der Waals surface area contributed by atoms with Gasteiger partial charge in [-0.1, -0.05) is 18.9 Å². The van der Waals surface area contributed by atoms with Crippen LogP contribution >= 0.6 is 0 Å². The van der Waals surface area contributed by atoms with Crippen molar-refractivity contribution in [1.29, 1.82) is 0 Å². The SMILES string of the molecule is Cc1cc(C)c(C)c(O[C@@H](C)C(=O)NC2CCCC2)c1. The predicted molar refractivity (Wildman–Crippen MR) is 81.1 cm³/mol. The van der Waals surface area contributed by atoms with E-state index in [0.717, 1.165) is 29.7 Å². The van der Waals surface area contributed by atoms with Crippen molar-refractivity contribution in [3.63, 3.8) is 0 Å². The average Bonchev–Trinajstić information content (AvgIpc) is 2.88. The molecule has 1 fully saturated rings. The zero-order chi connectivity index (χ0) is 14.7. The lowest BCUT2D eigenvalue weighted by Gasteiger charge is -2.20. The van der Waals surface area contributed by atoms with Crippen molar-refractivity contribution in [1.82, 2.24) is 5.32 Å². The van der Waals surface area contributed by atoms with Crippen molar-refractivity contribution in [3.8, 4) is 5.75 Å². The molecule has 0 saturated heterocycles. The molecule has 1 aromatic carbocycles. The van der Waals surface area contributed by atoms with Gasteiger partial charge in [0.1, 0.15) is 5.75 Å². The van der Waals surface area contributed by atoms with Gasteiger partial charge in [0.25, 0.3) is 5.91 Å². The van der Waals surface area contributed by atoms with E-state index in [4.69, 9.17) is 4.74 Å². The smallest absolute Gasteiger partial charge is 0.260 e. The van der Waals surface area contributed by atoms with E-state index in [1.165, 1.54) is 18.4 Å². The Morgan fingerprint density at radius 1 is 1.25 bits per heavy atom. The summed E-state index contributed by atoms with van der Waals surface area (Å²) in [4.78, 5) is 12.1. The molecule has 20 heavy (non-hydrogen) atoms. The number of carbonyl (C=O) groups is 1. The molecule has 3 heteroatoms. The number of carbonyl (C=O) groups excluding carboxylic acids is 1. The molecule has 110 valence electrons. The third-order valence-electron chi connectivity index (χ3n) is 4.14. The summed E-state index contributed by atoms with van der Waals surface area (Å²) in [5.41, 5.74) is 3.46. The van der Waals surface area contributed by atoms with Crippen LogP contribution in [-0.4, -0.2) is 18.1 Å². The molecule has 3 nitrogen and oxygen atoms in total. The fourth-order valence-electron chi connectivity index (χ4n) is 2.76. The number of hydrogen-bond donors (Lipinski definition) is 1. The molecule has 0 bridgehead atoms. The Morgan fingerprint density at radius 3 is 2.55 bits per heavy atom. The maximum absolute atomic E-state index is 12.1. The van der Waals surface area contributed by atoms with Crippen molar-refractivity contribution < 1.29 is 9.53 Å². The van der Waals surface area contributed by atoms with Gasteiger partial charge in [0.05, 0.1) is 0 Å². The molecule has 1 N–H and O–H groups in total. The van der Waals surface area contributed by atoms with Gasteiger partial charge in [0, 0.05) is 6.04 Å². The second kappa shape index (κ2) is 6.29. The molecule has 0 unspecified atom stereocenters. The van der Waals surface area contributed by atoms with Gasteiger partial charge in [-0.3, -0.25) is 4.79 Å². The van der Waals surface area contributed by atoms with Crippen LogP contribution in [-0.2, 0) is 4.79 Å². The second-order valence-corrected chi connectivity index (χ2v) is 5.96. The standard InChI is InChI=1S/C17H25NO2/c1-11-9-12(2)13(3)16(10-11)20-14(4)17(19)18-15-7-5-6-8-15/h9-10,14-15H,5-8H2,1-4H3,(H,18,19)/t14-/m0/s1. The van der Waals surface area contributed by atoms with E-state index in [1.807, 2.05) is 26.8 Å². The summed E-state index contributed by atoms with van der Waals surface area (Å²) in [6.45, 7) is 7.97. The molecule has 0 heterocycles. The third kappa shape index (κ3) is 3.53. The summed E-state index contributed by atoms with van der Waals surface area (Å²) in [6, 6.07) is 4.47. The van der Waals surface area contributed by atoms with Crippen molar-refractivity contribution in [3.05, 3.63) is 28.8 Å². The van der Waals surface area contributed by atoms with Crippen LogP contribution in [0.5, 0.6) is 5.75 Å². The first-order chi connectivity index (χ1) is 9.47. The number of amides is 1. The fraction of sp³-hybridized carbons (Fsp3) is 0.588. The van der Waals surface area contributed by atoms with Crippen LogP contribution in [0, 0.1) is 20.8 Å². The fourth-order valence-corrected chi connectivity index (χ4v) is 2.76. The van der Waals surface area contributed by atoms with Gasteiger partial charge in [-0.25, -0.2) is 0 Å². The van der Waals surface area contributed by atoms with Gasteiger partial charge in [-0.2, -0.15) is 0 Å². The minimum absolute atomic E-state index is 0.00420. The van der Waals surface area contributed by atoms with Crippen LogP contribution in [0.15, 0.2) is 12.1 Å². The number of aryl methyl sites for hydroxylation is 2. The summed E-state index contributed by atoms with van der Waals surface area (Å²) < 4.78 is 5.87. The lowest BCUT2D eigenvalue weighted by molar-refractivity contribution is -0.127. The Kier molecular flexibility index (Phi) is 4.69. The number of rotatable bonds is 4. The van der Waals surface area contributed by atoms with Gasteiger partial charge in [-0.05, 0) is 63.3 Å². The minimum Gasteiger partial charge on any atom is -0.481 e. The molecule has 1 atom stereocenters. The maximum Gasteiger partial charge on any atom is 0.260 e. The summed E-state index contributed by atoms with van der Waals surface area (Å²) in [5, 5.41) is 3.08. The highest BCUT2D eigenvalue weighted by atomic mass is 16.5. The quantitative estimate of drug-likeness (QED) is 0.914.